The van der Waals surface area contributed by atoms with Crippen molar-refractivity contribution in [3.63, 3.8) is 0 Å². The van der Waals surface area contributed by atoms with Crippen molar-refractivity contribution in [2.45, 2.75) is 0 Å². The number of H-pyrrole nitrogens is 1. The molecule has 1 heterocycles. The van der Waals surface area contributed by atoms with Crippen LogP contribution < -0.4 is 0 Å². The van der Waals surface area contributed by atoms with Crippen LogP contribution in [0.3, 0.4) is 0 Å². The van der Waals surface area contributed by atoms with Gasteiger partial charge in [-0.05, 0) is 34.1 Å². The average molecular weight is 303 g/mol. The zero-order valence-electron chi connectivity index (χ0n) is 6.47. The van der Waals surface area contributed by atoms with Crippen LogP contribution in [-0.2, 0) is 0 Å². The van der Waals surface area contributed by atoms with E-state index in [1.54, 1.807) is 0 Å². The Morgan fingerprint density at radius 1 is 1.31 bits per heavy atom. The van der Waals surface area contributed by atoms with Crippen LogP contribution in [0.4, 0.5) is 0 Å². The van der Waals surface area contributed by atoms with Gasteiger partial charge in [0.1, 0.15) is 0 Å². The predicted octanol–water partition coefficient (Wildman–Crippen LogP) is 3.51. The molecule has 66 valence electrons. The van der Waals surface area contributed by atoms with Crippen LogP contribution in [-0.4, -0.2) is 11.3 Å². The van der Waals surface area contributed by atoms with Gasteiger partial charge in [-0.3, -0.25) is 4.79 Å². The van der Waals surface area contributed by atoms with Gasteiger partial charge < -0.3 is 4.98 Å². The van der Waals surface area contributed by atoms with E-state index in [9.17, 15) is 4.79 Å². The maximum absolute atomic E-state index is 10.6. The van der Waals surface area contributed by atoms with Crippen LogP contribution in [0.5, 0.6) is 0 Å². The lowest BCUT2D eigenvalue weighted by molar-refractivity contribution is 0.111. The summed E-state index contributed by atoms with van der Waals surface area (Å²) in [4.78, 5) is 13.6. The molecule has 0 aliphatic carbocycles. The molecule has 1 N–H and O–H groups in total. The number of nitrogens with one attached hydrogen (secondary N) is 1. The molecule has 0 saturated heterocycles. The van der Waals surface area contributed by atoms with E-state index < -0.39 is 0 Å². The highest BCUT2D eigenvalue weighted by Crippen LogP contribution is 2.29. The van der Waals surface area contributed by atoms with Crippen molar-refractivity contribution in [2.24, 2.45) is 0 Å². The molecule has 13 heavy (non-hydrogen) atoms. The summed E-state index contributed by atoms with van der Waals surface area (Å²) < 4.78 is 1.82. The third-order valence-corrected chi connectivity index (χ3v) is 3.19. The molecule has 2 rings (SSSR count). The molecule has 0 radical (unpaired) electrons. The Morgan fingerprint density at radius 3 is 2.77 bits per heavy atom. The second-order valence-corrected chi connectivity index (χ2v) is 4.37. The monoisotopic (exact) mass is 301 g/mol. The van der Waals surface area contributed by atoms with E-state index in [1.807, 2.05) is 18.2 Å². The fourth-order valence-electron chi connectivity index (χ4n) is 1.23. The van der Waals surface area contributed by atoms with Gasteiger partial charge in [0.25, 0.3) is 0 Å². The summed E-state index contributed by atoms with van der Waals surface area (Å²) in [6.45, 7) is 0. The van der Waals surface area contributed by atoms with Gasteiger partial charge in [-0.1, -0.05) is 15.9 Å². The Morgan fingerprint density at radius 2 is 2.08 bits per heavy atom. The average Bonchev–Trinajstić information content (AvgIpc) is 2.44. The molecular formula is C9H5Br2NO. The Balaban J connectivity index is 2.84. The van der Waals surface area contributed by atoms with Gasteiger partial charge in [-0.25, -0.2) is 0 Å². The lowest BCUT2D eigenvalue weighted by atomic mass is 10.2. The van der Waals surface area contributed by atoms with E-state index in [2.05, 4.69) is 36.8 Å². The van der Waals surface area contributed by atoms with Crippen LogP contribution in [0.1, 0.15) is 10.5 Å². The summed E-state index contributed by atoms with van der Waals surface area (Å²) in [6, 6.07) is 5.82. The zero-order chi connectivity index (χ0) is 9.42. The first-order valence-electron chi connectivity index (χ1n) is 3.64. The molecule has 0 bridgehead atoms. The number of aromatic nitrogens is 1. The smallest absolute Gasteiger partial charge is 0.167 e. The summed E-state index contributed by atoms with van der Waals surface area (Å²) in [5, 5.41) is 1.01. The number of carbonyl (C=O) groups is 1. The molecular weight excluding hydrogens is 298 g/mol. The zero-order valence-corrected chi connectivity index (χ0v) is 9.65. The molecule has 0 unspecified atom stereocenters. The fraction of sp³-hybridized carbons (Fsp3) is 0. The van der Waals surface area contributed by atoms with Crippen LogP contribution in [0.25, 0.3) is 10.9 Å². The molecule has 1 aromatic carbocycles. The fourth-order valence-corrected chi connectivity index (χ4v) is 2.12. The largest absolute Gasteiger partial charge is 0.351 e. The molecule has 0 saturated carbocycles. The van der Waals surface area contributed by atoms with E-state index in [4.69, 9.17) is 0 Å². The normalized spacial score (nSPS) is 10.6. The third-order valence-electron chi connectivity index (χ3n) is 1.84. The first-order valence-corrected chi connectivity index (χ1v) is 5.23. The maximum atomic E-state index is 10.6. The lowest BCUT2D eigenvalue weighted by Gasteiger charge is -1.90. The van der Waals surface area contributed by atoms with Crippen molar-refractivity contribution in [1.29, 1.82) is 0 Å². The van der Waals surface area contributed by atoms with E-state index in [1.165, 1.54) is 0 Å². The molecule has 4 heteroatoms. The third kappa shape index (κ3) is 1.44. The van der Waals surface area contributed by atoms with E-state index in [0.29, 0.717) is 5.69 Å². The number of hydrogen-bond acceptors (Lipinski definition) is 1. The minimum atomic E-state index is 0.577. The molecule has 2 aromatic rings. The molecule has 0 amide bonds. The van der Waals surface area contributed by atoms with Crippen molar-refractivity contribution in [3.8, 4) is 0 Å². The summed E-state index contributed by atoms with van der Waals surface area (Å²) in [6.07, 6.45) is 0.804. The SMILES string of the molecule is O=Cc1[nH]c2ccc(Br)cc2c1Br. The van der Waals surface area contributed by atoms with Crippen molar-refractivity contribution >= 4 is 49.0 Å². The number of benzene rings is 1. The van der Waals surface area contributed by atoms with Crippen molar-refractivity contribution < 1.29 is 4.79 Å². The summed E-state index contributed by atoms with van der Waals surface area (Å²) in [7, 11) is 0. The van der Waals surface area contributed by atoms with Gasteiger partial charge in [0.15, 0.2) is 6.29 Å². The maximum Gasteiger partial charge on any atom is 0.167 e. The second kappa shape index (κ2) is 3.27. The van der Waals surface area contributed by atoms with Crippen LogP contribution in [0.2, 0.25) is 0 Å². The van der Waals surface area contributed by atoms with Crippen molar-refractivity contribution in [3.05, 3.63) is 32.8 Å². The van der Waals surface area contributed by atoms with Gasteiger partial charge in [-0.15, -0.1) is 0 Å². The molecule has 0 fully saturated rings. The number of aldehydes is 1. The molecule has 0 atom stereocenters. The standard InChI is InChI=1S/C9H5Br2NO/c10-5-1-2-7-6(3-5)9(11)8(4-13)12-7/h1-4,12H. The number of aromatic amines is 1. The van der Waals surface area contributed by atoms with Crippen LogP contribution >= 0.6 is 31.9 Å². The highest BCUT2D eigenvalue weighted by molar-refractivity contribution is 9.11. The Labute approximate surface area is 91.6 Å². The van der Waals surface area contributed by atoms with Gasteiger partial charge in [0, 0.05) is 15.4 Å². The number of rotatable bonds is 1. The summed E-state index contributed by atoms with van der Waals surface area (Å²) in [5.74, 6) is 0. The minimum Gasteiger partial charge on any atom is -0.351 e. The number of fused-ring (bicyclic) bond motifs is 1. The first kappa shape index (κ1) is 8.97. The van der Waals surface area contributed by atoms with E-state index >= 15 is 0 Å². The highest BCUT2D eigenvalue weighted by Gasteiger charge is 2.07. The number of carbonyl (C=O) groups excluding carboxylic acids is 1. The summed E-state index contributed by atoms with van der Waals surface area (Å²) >= 11 is 6.74. The Bertz CT molecular complexity index is 476. The molecule has 1 aromatic heterocycles. The van der Waals surface area contributed by atoms with Gasteiger partial charge >= 0.3 is 0 Å². The second-order valence-electron chi connectivity index (χ2n) is 2.66. The van der Waals surface area contributed by atoms with Crippen LogP contribution in [0, 0.1) is 0 Å². The quantitative estimate of drug-likeness (QED) is 0.804. The number of hydrogen-bond donors (Lipinski definition) is 1. The molecule has 0 aliphatic rings. The lowest BCUT2D eigenvalue weighted by Crippen LogP contribution is -1.76. The van der Waals surface area contributed by atoms with Gasteiger partial charge in [-0.2, -0.15) is 0 Å². The highest BCUT2D eigenvalue weighted by atomic mass is 79.9. The molecule has 2 nitrogen and oxygen atoms in total. The molecule has 0 aliphatic heterocycles. The van der Waals surface area contributed by atoms with Crippen LogP contribution in [0.15, 0.2) is 27.1 Å². The Kier molecular flexibility index (Phi) is 2.26. The van der Waals surface area contributed by atoms with Gasteiger partial charge in [0.05, 0.1) is 10.2 Å². The molecule has 0 spiro atoms. The Hall–Kier alpha value is -0.610. The predicted molar refractivity (Wildman–Crippen MR) is 59.1 cm³/mol. The van der Waals surface area contributed by atoms with E-state index in [-0.39, 0.29) is 0 Å². The van der Waals surface area contributed by atoms with E-state index in [0.717, 1.165) is 26.1 Å². The van der Waals surface area contributed by atoms with Crippen molar-refractivity contribution in [2.75, 3.05) is 0 Å². The summed E-state index contributed by atoms with van der Waals surface area (Å²) in [5.41, 5.74) is 1.53. The minimum absolute atomic E-state index is 0.577. The topological polar surface area (TPSA) is 32.9 Å². The van der Waals surface area contributed by atoms with Crippen molar-refractivity contribution in [1.82, 2.24) is 4.98 Å². The number of halogens is 2. The first-order chi connectivity index (χ1) is 6.22. The van der Waals surface area contributed by atoms with Gasteiger partial charge in [0.2, 0.25) is 0 Å².